The van der Waals surface area contributed by atoms with E-state index >= 15 is 0 Å². The van der Waals surface area contributed by atoms with Crippen molar-refractivity contribution in [3.05, 3.63) is 29.7 Å². The SMILES string of the molecule is C=C/C=C/C(=O)N=O. The van der Waals surface area contributed by atoms with Gasteiger partial charge in [-0.3, -0.25) is 4.79 Å². The zero-order valence-electron chi connectivity index (χ0n) is 4.20. The summed E-state index contributed by atoms with van der Waals surface area (Å²) in [7, 11) is 0. The van der Waals surface area contributed by atoms with Crippen LogP contribution in [-0.2, 0) is 4.79 Å². The molecule has 42 valence electrons. The third-order valence-electron chi connectivity index (χ3n) is 0.465. The van der Waals surface area contributed by atoms with Gasteiger partial charge in [-0.2, -0.15) is 0 Å². The molecule has 0 saturated carbocycles. The van der Waals surface area contributed by atoms with E-state index in [0.29, 0.717) is 0 Å². The number of carbonyl (C=O) groups excluding carboxylic acids is 1. The van der Waals surface area contributed by atoms with E-state index in [-0.39, 0.29) is 0 Å². The van der Waals surface area contributed by atoms with Crippen LogP contribution >= 0.6 is 0 Å². The molecule has 0 heterocycles. The Hall–Kier alpha value is -1.25. The fourth-order valence-corrected chi connectivity index (χ4v) is 0.181. The number of amides is 1. The predicted molar refractivity (Wildman–Crippen MR) is 30.1 cm³/mol. The molecule has 0 spiro atoms. The van der Waals surface area contributed by atoms with Gasteiger partial charge in [-0.05, 0) is 0 Å². The Bertz CT molecular complexity index is 137. The first-order chi connectivity index (χ1) is 3.81. The molecule has 1 amide bonds. The van der Waals surface area contributed by atoms with Crippen LogP contribution < -0.4 is 0 Å². The average molecular weight is 111 g/mol. The summed E-state index contributed by atoms with van der Waals surface area (Å²) in [6, 6.07) is 0. The van der Waals surface area contributed by atoms with E-state index < -0.39 is 5.91 Å². The van der Waals surface area contributed by atoms with Gasteiger partial charge >= 0.3 is 5.91 Å². The van der Waals surface area contributed by atoms with E-state index in [1.54, 1.807) is 0 Å². The normalized spacial score (nSPS) is 9.00. The van der Waals surface area contributed by atoms with Gasteiger partial charge < -0.3 is 0 Å². The Morgan fingerprint density at radius 1 is 1.62 bits per heavy atom. The summed E-state index contributed by atoms with van der Waals surface area (Å²) >= 11 is 0. The van der Waals surface area contributed by atoms with Crippen LogP contribution in [0.4, 0.5) is 0 Å². The lowest BCUT2D eigenvalue weighted by Crippen LogP contribution is -1.80. The highest BCUT2D eigenvalue weighted by Crippen LogP contribution is 1.76. The van der Waals surface area contributed by atoms with E-state index in [2.05, 4.69) is 11.8 Å². The van der Waals surface area contributed by atoms with Gasteiger partial charge in [0.05, 0.1) is 0 Å². The van der Waals surface area contributed by atoms with Crippen molar-refractivity contribution in [3.8, 4) is 0 Å². The minimum Gasteiger partial charge on any atom is -0.264 e. The van der Waals surface area contributed by atoms with Crippen molar-refractivity contribution >= 4 is 5.91 Å². The third kappa shape index (κ3) is 2.96. The first-order valence-electron chi connectivity index (χ1n) is 1.97. The Labute approximate surface area is 46.7 Å². The minimum absolute atomic E-state index is 0.787. The third-order valence-corrected chi connectivity index (χ3v) is 0.465. The molecule has 0 radical (unpaired) electrons. The number of nitrogens with zero attached hydrogens (tertiary/aromatic N) is 1. The Morgan fingerprint density at radius 2 is 2.25 bits per heavy atom. The summed E-state index contributed by atoms with van der Waals surface area (Å²) in [5.41, 5.74) is 0. The molecule has 0 aliphatic heterocycles. The van der Waals surface area contributed by atoms with Crippen molar-refractivity contribution in [1.29, 1.82) is 0 Å². The van der Waals surface area contributed by atoms with Crippen LogP contribution in [0, 0.1) is 4.91 Å². The first kappa shape index (κ1) is 6.75. The summed E-state index contributed by atoms with van der Waals surface area (Å²) in [6.45, 7) is 3.28. The highest BCUT2D eigenvalue weighted by atomic mass is 16.3. The maximum Gasteiger partial charge on any atom is 0.309 e. The molecule has 8 heavy (non-hydrogen) atoms. The van der Waals surface area contributed by atoms with Gasteiger partial charge in [-0.25, -0.2) is 0 Å². The fraction of sp³-hybridized carbons (Fsp3) is 0. The number of hydrogen-bond acceptors (Lipinski definition) is 2. The van der Waals surface area contributed by atoms with Gasteiger partial charge in [0.15, 0.2) is 0 Å². The molecule has 0 atom stereocenters. The lowest BCUT2D eigenvalue weighted by molar-refractivity contribution is -0.113. The molecule has 3 nitrogen and oxygen atoms in total. The van der Waals surface area contributed by atoms with Crippen LogP contribution in [0.3, 0.4) is 0 Å². The molecule has 0 fully saturated rings. The fourth-order valence-electron chi connectivity index (χ4n) is 0.181. The molecule has 0 bridgehead atoms. The van der Waals surface area contributed by atoms with Gasteiger partial charge in [-0.1, -0.05) is 18.7 Å². The summed E-state index contributed by atoms with van der Waals surface area (Å²) in [6.07, 6.45) is 3.78. The number of carbonyl (C=O) groups is 1. The maximum atomic E-state index is 9.96. The molecular weight excluding hydrogens is 106 g/mol. The summed E-state index contributed by atoms with van der Waals surface area (Å²) in [4.78, 5) is 19.3. The van der Waals surface area contributed by atoms with Crippen LogP contribution in [0.2, 0.25) is 0 Å². The Kier molecular flexibility index (Phi) is 3.31. The van der Waals surface area contributed by atoms with Crippen LogP contribution in [0.15, 0.2) is 30.0 Å². The molecule has 0 rings (SSSR count). The molecule has 0 aliphatic rings. The van der Waals surface area contributed by atoms with Gasteiger partial charge in [0, 0.05) is 11.3 Å². The standard InChI is InChI=1S/C5H5NO2/c1-2-3-4-5(7)6-8/h2-4H,1H2/b4-3+. The van der Waals surface area contributed by atoms with Gasteiger partial charge in [0.2, 0.25) is 0 Å². The smallest absolute Gasteiger partial charge is 0.264 e. The summed E-state index contributed by atoms with van der Waals surface area (Å²) in [5.74, 6) is -0.787. The zero-order chi connectivity index (χ0) is 6.41. The average Bonchev–Trinajstić information content (AvgIpc) is 1.83. The van der Waals surface area contributed by atoms with E-state index in [9.17, 15) is 9.70 Å². The maximum absolute atomic E-state index is 9.96. The van der Waals surface area contributed by atoms with E-state index in [1.165, 1.54) is 12.2 Å². The van der Waals surface area contributed by atoms with Crippen molar-refractivity contribution in [2.45, 2.75) is 0 Å². The van der Waals surface area contributed by atoms with Gasteiger partial charge in [0.1, 0.15) is 0 Å². The second-order valence-electron chi connectivity index (χ2n) is 1.02. The summed E-state index contributed by atoms with van der Waals surface area (Å²) < 4.78 is 0. The molecule has 0 aliphatic carbocycles. The Balaban J connectivity index is 3.69. The van der Waals surface area contributed by atoms with Crippen LogP contribution in [0.5, 0.6) is 0 Å². The lowest BCUT2D eigenvalue weighted by atomic mass is 10.5. The predicted octanol–water partition coefficient (Wildman–Crippen LogP) is 1.02. The number of nitroso groups, excluding NO2 is 1. The van der Waals surface area contributed by atoms with Crippen molar-refractivity contribution in [3.63, 3.8) is 0 Å². The number of allylic oxidation sites excluding steroid dienone is 2. The van der Waals surface area contributed by atoms with E-state index in [4.69, 9.17) is 0 Å². The van der Waals surface area contributed by atoms with Crippen LogP contribution in [0.25, 0.3) is 0 Å². The molecule has 0 aromatic carbocycles. The van der Waals surface area contributed by atoms with Crippen LogP contribution in [-0.4, -0.2) is 5.91 Å². The second kappa shape index (κ2) is 3.92. The molecule has 0 N–H and O–H groups in total. The number of hydrogen-bond donors (Lipinski definition) is 0. The Morgan fingerprint density at radius 3 is 2.62 bits per heavy atom. The quantitative estimate of drug-likeness (QED) is 0.303. The van der Waals surface area contributed by atoms with Crippen LogP contribution in [0.1, 0.15) is 0 Å². The second-order valence-corrected chi connectivity index (χ2v) is 1.02. The largest absolute Gasteiger partial charge is 0.309 e. The molecule has 0 unspecified atom stereocenters. The van der Waals surface area contributed by atoms with Gasteiger partial charge in [0.25, 0.3) is 0 Å². The topological polar surface area (TPSA) is 46.5 Å². The van der Waals surface area contributed by atoms with E-state index in [1.807, 2.05) is 0 Å². The lowest BCUT2D eigenvalue weighted by Gasteiger charge is -1.68. The van der Waals surface area contributed by atoms with E-state index in [0.717, 1.165) is 6.08 Å². The van der Waals surface area contributed by atoms with Crippen molar-refractivity contribution in [2.24, 2.45) is 5.18 Å². The molecule has 0 saturated heterocycles. The van der Waals surface area contributed by atoms with Crippen molar-refractivity contribution in [1.82, 2.24) is 0 Å². The molecule has 0 aromatic rings. The monoisotopic (exact) mass is 111 g/mol. The minimum atomic E-state index is -0.787. The summed E-state index contributed by atoms with van der Waals surface area (Å²) in [5, 5.41) is 2.10. The van der Waals surface area contributed by atoms with Crippen molar-refractivity contribution in [2.75, 3.05) is 0 Å². The van der Waals surface area contributed by atoms with Crippen molar-refractivity contribution < 1.29 is 4.79 Å². The molecule has 3 heteroatoms. The molecule has 0 aromatic heterocycles. The zero-order valence-corrected chi connectivity index (χ0v) is 4.20. The first-order valence-corrected chi connectivity index (χ1v) is 1.97. The highest BCUT2D eigenvalue weighted by Gasteiger charge is 1.86. The number of rotatable bonds is 2. The highest BCUT2D eigenvalue weighted by molar-refractivity contribution is 5.88. The van der Waals surface area contributed by atoms with Gasteiger partial charge in [-0.15, -0.1) is 4.91 Å². The molecular formula is C5H5NO2.